The van der Waals surface area contributed by atoms with Crippen LogP contribution in [-0.4, -0.2) is 15.0 Å². The highest BCUT2D eigenvalue weighted by atomic mass is 79.9. The van der Waals surface area contributed by atoms with Crippen LogP contribution in [0.4, 0.5) is 5.82 Å². The summed E-state index contributed by atoms with van der Waals surface area (Å²) in [6.07, 6.45) is 1.53. The van der Waals surface area contributed by atoms with E-state index in [0.717, 1.165) is 21.1 Å². The molecule has 0 spiro atoms. The van der Waals surface area contributed by atoms with Crippen molar-refractivity contribution in [1.29, 1.82) is 0 Å². The van der Waals surface area contributed by atoms with Gasteiger partial charge >= 0.3 is 0 Å². The van der Waals surface area contributed by atoms with Crippen LogP contribution in [0.15, 0.2) is 17.0 Å². The maximum Gasteiger partial charge on any atom is 0.130 e. The van der Waals surface area contributed by atoms with Crippen LogP contribution in [0.1, 0.15) is 28.5 Å². The van der Waals surface area contributed by atoms with Gasteiger partial charge in [0, 0.05) is 10.9 Å². The molecule has 17 heavy (non-hydrogen) atoms. The van der Waals surface area contributed by atoms with E-state index in [1.807, 2.05) is 19.9 Å². The van der Waals surface area contributed by atoms with Gasteiger partial charge in [0.2, 0.25) is 0 Å². The first-order valence-corrected chi connectivity index (χ1v) is 6.85. The fraction of sp³-hybridized carbons (Fsp3) is 0.364. The van der Waals surface area contributed by atoms with Crippen LogP contribution in [0.2, 0.25) is 0 Å². The van der Waals surface area contributed by atoms with Crippen molar-refractivity contribution in [2.75, 3.05) is 5.32 Å². The van der Waals surface area contributed by atoms with E-state index in [1.54, 1.807) is 11.3 Å². The predicted octanol–water partition coefficient (Wildman–Crippen LogP) is 3.49. The lowest BCUT2D eigenvalue weighted by molar-refractivity contribution is 0.876. The number of nitrogens with one attached hydrogen (secondary N) is 1. The highest BCUT2D eigenvalue weighted by Gasteiger charge is 2.13. The Morgan fingerprint density at radius 1 is 1.35 bits per heavy atom. The Labute approximate surface area is 113 Å². The topological polar surface area (TPSA) is 50.7 Å². The summed E-state index contributed by atoms with van der Waals surface area (Å²) in [7, 11) is 0. The molecule has 0 fully saturated rings. The average molecular weight is 313 g/mol. The van der Waals surface area contributed by atoms with Crippen LogP contribution in [0.3, 0.4) is 0 Å². The Balaban J connectivity index is 2.16. The SMILES string of the molecule is Cc1nc(C)c(C(C)Nc2cc(Br)ncn2)s1. The third-order valence-corrected chi connectivity index (χ3v) is 4.02. The van der Waals surface area contributed by atoms with Crippen LogP contribution >= 0.6 is 27.3 Å². The van der Waals surface area contributed by atoms with E-state index in [2.05, 4.69) is 43.1 Å². The molecule has 2 heterocycles. The number of anilines is 1. The van der Waals surface area contributed by atoms with Gasteiger partial charge in [0.05, 0.1) is 16.7 Å². The highest BCUT2D eigenvalue weighted by molar-refractivity contribution is 9.10. The van der Waals surface area contributed by atoms with Gasteiger partial charge in [0.15, 0.2) is 0 Å². The number of hydrogen-bond donors (Lipinski definition) is 1. The molecule has 0 aliphatic carbocycles. The molecule has 0 radical (unpaired) electrons. The van der Waals surface area contributed by atoms with E-state index in [9.17, 15) is 0 Å². The number of halogens is 1. The van der Waals surface area contributed by atoms with Gasteiger partial charge in [-0.1, -0.05) is 0 Å². The Morgan fingerprint density at radius 2 is 2.12 bits per heavy atom. The molecular formula is C11H13BrN4S. The Kier molecular flexibility index (Phi) is 3.73. The van der Waals surface area contributed by atoms with Crippen molar-refractivity contribution in [1.82, 2.24) is 15.0 Å². The molecule has 0 saturated heterocycles. The zero-order chi connectivity index (χ0) is 12.4. The van der Waals surface area contributed by atoms with Gasteiger partial charge in [-0.25, -0.2) is 15.0 Å². The normalized spacial score (nSPS) is 12.5. The summed E-state index contributed by atoms with van der Waals surface area (Å²) in [5.41, 5.74) is 1.08. The fourth-order valence-corrected chi connectivity index (χ4v) is 2.89. The molecular weight excluding hydrogens is 300 g/mol. The lowest BCUT2D eigenvalue weighted by Gasteiger charge is -2.13. The second kappa shape index (κ2) is 5.10. The Hall–Kier alpha value is -1.01. The second-order valence-corrected chi connectivity index (χ2v) is 5.82. The summed E-state index contributed by atoms with van der Waals surface area (Å²) in [6, 6.07) is 2.06. The molecule has 0 bridgehead atoms. The van der Waals surface area contributed by atoms with Crippen molar-refractivity contribution in [3.05, 3.63) is 32.6 Å². The maximum absolute atomic E-state index is 4.43. The molecule has 0 aliphatic heterocycles. The number of hydrogen-bond acceptors (Lipinski definition) is 5. The number of rotatable bonds is 3. The van der Waals surface area contributed by atoms with Crippen LogP contribution < -0.4 is 5.32 Å². The maximum atomic E-state index is 4.43. The van der Waals surface area contributed by atoms with Crippen molar-refractivity contribution in [2.45, 2.75) is 26.8 Å². The third kappa shape index (κ3) is 3.01. The molecule has 0 saturated carbocycles. The van der Waals surface area contributed by atoms with Gasteiger partial charge in [-0.15, -0.1) is 11.3 Å². The van der Waals surface area contributed by atoms with Crippen molar-refractivity contribution in [3.63, 3.8) is 0 Å². The van der Waals surface area contributed by atoms with Gasteiger partial charge in [0.25, 0.3) is 0 Å². The summed E-state index contributed by atoms with van der Waals surface area (Å²) in [6.45, 7) is 6.16. The van der Waals surface area contributed by atoms with Crippen molar-refractivity contribution >= 4 is 33.1 Å². The van der Waals surface area contributed by atoms with Crippen LogP contribution in [0.25, 0.3) is 0 Å². The Morgan fingerprint density at radius 3 is 2.71 bits per heavy atom. The first-order valence-electron chi connectivity index (χ1n) is 5.24. The molecule has 6 heteroatoms. The van der Waals surface area contributed by atoms with Gasteiger partial charge in [-0.3, -0.25) is 0 Å². The zero-order valence-electron chi connectivity index (χ0n) is 9.86. The number of thiazole rings is 1. The molecule has 0 amide bonds. The highest BCUT2D eigenvalue weighted by Crippen LogP contribution is 2.27. The number of nitrogens with zero attached hydrogens (tertiary/aromatic N) is 3. The first kappa shape index (κ1) is 12.4. The van der Waals surface area contributed by atoms with Gasteiger partial charge in [-0.05, 0) is 36.7 Å². The minimum absolute atomic E-state index is 0.197. The summed E-state index contributed by atoms with van der Waals surface area (Å²) >= 11 is 5.04. The third-order valence-electron chi connectivity index (χ3n) is 2.33. The second-order valence-electron chi connectivity index (χ2n) is 3.77. The molecule has 4 nitrogen and oxygen atoms in total. The molecule has 1 atom stereocenters. The molecule has 0 aromatic carbocycles. The van der Waals surface area contributed by atoms with Crippen molar-refractivity contribution in [2.24, 2.45) is 0 Å². The standard InChI is InChI=1S/C11H13BrN4S/c1-6-11(17-8(3)15-6)7(2)16-10-4-9(12)13-5-14-10/h4-5,7H,1-3H3,(H,13,14,16). The van der Waals surface area contributed by atoms with Gasteiger partial charge < -0.3 is 5.32 Å². The molecule has 2 aromatic heterocycles. The van der Waals surface area contributed by atoms with Crippen molar-refractivity contribution < 1.29 is 0 Å². The molecule has 1 unspecified atom stereocenters. The smallest absolute Gasteiger partial charge is 0.130 e. The fourth-order valence-electron chi connectivity index (χ4n) is 1.65. The molecule has 2 rings (SSSR count). The van der Waals surface area contributed by atoms with Crippen LogP contribution in [-0.2, 0) is 0 Å². The van der Waals surface area contributed by atoms with E-state index >= 15 is 0 Å². The number of aryl methyl sites for hydroxylation is 2. The molecule has 0 aliphatic rings. The van der Waals surface area contributed by atoms with Crippen molar-refractivity contribution in [3.8, 4) is 0 Å². The van der Waals surface area contributed by atoms with E-state index < -0.39 is 0 Å². The minimum atomic E-state index is 0.197. The monoisotopic (exact) mass is 312 g/mol. The van der Waals surface area contributed by atoms with Gasteiger partial charge in [0.1, 0.15) is 16.7 Å². The summed E-state index contributed by atoms with van der Waals surface area (Å²) in [4.78, 5) is 13.8. The van der Waals surface area contributed by atoms with E-state index in [0.29, 0.717) is 0 Å². The van der Waals surface area contributed by atoms with Crippen LogP contribution in [0.5, 0.6) is 0 Å². The van der Waals surface area contributed by atoms with E-state index in [-0.39, 0.29) is 6.04 Å². The number of aromatic nitrogens is 3. The quantitative estimate of drug-likeness (QED) is 0.881. The summed E-state index contributed by atoms with van der Waals surface area (Å²) in [5, 5.41) is 4.44. The summed E-state index contributed by atoms with van der Waals surface area (Å²) < 4.78 is 0.777. The summed E-state index contributed by atoms with van der Waals surface area (Å²) in [5.74, 6) is 0.810. The molecule has 90 valence electrons. The van der Waals surface area contributed by atoms with Crippen LogP contribution in [0, 0.1) is 13.8 Å². The average Bonchev–Trinajstić information content (AvgIpc) is 2.58. The first-order chi connectivity index (χ1) is 8.06. The van der Waals surface area contributed by atoms with E-state index in [1.165, 1.54) is 11.2 Å². The van der Waals surface area contributed by atoms with E-state index in [4.69, 9.17) is 0 Å². The lowest BCUT2D eigenvalue weighted by Crippen LogP contribution is -2.07. The minimum Gasteiger partial charge on any atom is -0.363 e. The predicted molar refractivity (Wildman–Crippen MR) is 73.4 cm³/mol. The zero-order valence-corrected chi connectivity index (χ0v) is 12.3. The largest absolute Gasteiger partial charge is 0.363 e. The Bertz CT molecular complexity index is 526. The van der Waals surface area contributed by atoms with Gasteiger partial charge in [-0.2, -0.15) is 0 Å². The molecule has 2 aromatic rings. The lowest BCUT2D eigenvalue weighted by atomic mass is 10.2. The molecule has 1 N–H and O–H groups in total.